The number of thiophene rings is 1. The molecule has 1 N–H and O–H groups in total. The number of thiazole rings is 1. The Morgan fingerprint density at radius 3 is 2.82 bits per heavy atom. The molecule has 142 valence electrons. The van der Waals surface area contributed by atoms with Crippen LogP contribution in [0, 0.1) is 10.1 Å². The van der Waals surface area contributed by atoms with E-state index in [9.17, 15) is 14.9 Å². The van der Waals surface area contributed by atoms with Gasteiger partial charge in [0.05, 0.1) is 10.6 Å². The molecule has 10 heteroatoms. The molecule has 3 aromatic rings. The van der Waals surface area contributed by atoms with Gasteiger partial charge in [-0.3, -0.25) is 20.2 Å². The van der Waals surface area contributed by atoms with Crippen molar-refractivity contribution in [2.45, 2.75) is 0 Å². The first-order valence-corrected chi connectivity index (χ1v) is 9.87. The number of amides is 1. The summed E-state index contributed by atoms with van der Waals surface area (Å²) in [5.41, 5.74) is 1.58. The summed E-state index contributed by atoms with van der Waals surface area (Å²) in [7, 11) is 0. The van der Waals surface area contributed by atoms with Crippen LogP contribution in [0.15, 0.2) is 41.8 Å². The number of rotatable bonds is 5. The molecular formula is C18H13N3O5S2. The van der Waals surface area contributed by atoms with Crippen LogP contribution in [-0.4, -0.2) is 29.0 Å². The Balaban J connectivity index is 1.42. The van der Waals surface area contributed by atoms with Crippen molar-refractivity contribution < 1.29 is 19.2 Å². The number of benzene rings is 1. The van der Waals surface area contributed by atoms with E-state index in [4.69, 9.17) is 9.47 Å². The van der Waals surface area contributed by atoms with E-state index in [-0.39, 0.29) is 10.9 Å². The van der Waals surface area contributed by atoms with Crippen LogP contribution in [0.1, 0.15) is 4.88 Å². The lowest BCUT2D eigenvalue weighted by Crippen LogP contribution is -2.15. The number of fused-ring (bicyclic) bond motifs is 1. The smallest absolute Gasteiger partial charge is 0.324 e. The lowest BCUT2D eigenvalue weighted by atomic mass is 10.1. The highest BCUT2D eigenvalue weighted by Gasteiger charge is 2.14. The zero-order valence-electron chi connectivity index (χ0n) is 14.3. The first-order valence-electron chi connectivity index (χ1n) is 8.17. The minimum atomic E-state index is -0.461. The van der Waals surface area contributed by atoms with Gasteiger partial charge in [-0.2, -0.15) is 0 Å². The number of hydrogen-bond donors (Lipinski definition) is 1. The quantitative estimate of drug-likeness (QED) is 0.380. The monoisotopic (exact) mass is 415 g/mol. The molecule has 0 saturated heterocycles. The van der Waals surface area contributed by atoms with E-state index in [1.54, 1.807) is 6.07 Å². The highest BCUT2D eigenvalue weighted by atomic mass is 32.1. The normalized spacial score (nSPS) is 12.9. The topological polar surface area (TPSA) is 104 Å². The number of hydrogen-bond acceptors (Lipinski definition) is 8. The van der Waals surface area contributed by atoms with Crippen LogP contribution in [0.4, 0.5) is 10.1 Å². The van der Waals surface area contributed by atoms with E-state index >= 15 is 0 Å². The summed E-state index contributed by atoms with van der Waals surface area (Å²) in [5.74, 6) is 1.02. The predicted molar refractivity (Wildman–Crippen MR) is 107 cm³/mol. The van der Waals surface area contributed by atoms with Crippen molar-refractivity contribution in [3.63, 3.8) is 0 Å². The molecule has 0 radical (unpaired) electrons. The summed E-state index contributed by atoms with van der Waals surface area (Å²) in [6.07, 6.45) is 2.85. The molecule has 0 unspecified atom stereocenters. The van der Waals surface area contributed by atoms with Crippen molar-refractivity contribution in [3.8, 4) is 22.8 Å². The maximum absolute atomic E-state index is 12.1. The molecule has 3 heterocycles. The Labute approximate surface area is 167 Å². The minimum absolute atomic E-state index is 0.0315. The maximum Gasteiger partial charge on any atom is 0.324 e. The fourth-order valence-electron chi connectivity index (χ4n) is 2.50. The zero-order valence-corrected chi connectivity index (χ0v) is 15.9. The Hall–Kier alpha value is -3.24. The van der Waals surface area contributed by atoms with Gasteiger partial charge in [-0.1, -0.05) is 11.3 Å². The summed E-state index contributed by atoms with van der Waals surface area (Å²) in [4.78, 5) is 27.3. The second-order valence-corrected chi connectivity index (χ2v) is 7.60. The molecule has 1 aliphatic rings. The molecule has 1 amide bonds. The number of carbonyl (C=O) groups is 1. The molecule has 1 aliphatic heterocycles. The van der Waals surface area contributed by atoms with Gasteiger partial charge < -0.3 is 9.47 Å². The number of aromatic nitrogens is 1. The number of nitrogens with zero attached hydrogens (tertiary/aromatic N) is 2. The summed E-state index contributed by atoms with van der Waals surface area (Å²) in [6, 6.07) is 8.58. The summed E-state index contributed by atoms with van der Waals surface area (Å²) >= 11 is 2.30. The fourth-order valence-corrected chi connectivity index (χ4v) is 3.95. The molecule has 4 rings (SSSR count). The molecule has 0 aliphatic carbocycles. The van der Waals surface area contributed by atoms with Gasteiger partial charge in [-0.05, 0) is 30.3 Å². The largest absolute Gasteiger partial charge is 0.486 e. The average Bonchev–Trinajstić information content (AvgIpc) is 3.36. The van der Waals surface area contributed by atoms with Crippen molar-refractivity contribution in [1.82, 2.24) is 4.98 Å². The third-order valence-corrected chi connectivity index (χ3v) is 5.52. The molecule has 1 aromatic carbocycles. The Bertz CT molecular complexity index is 1070. The molecule has 0 atom stereocenters. The Morgan fingerprint density at radius 2 is 2.04 bits per heavy atom. The van der Waals surface area contributed by atoms with Gasteiger partial charge in [0.2, 0.25) is 5.91 Å². The SMILES string of the molecule is O=C(/C=C/c1ccc([N+](=O)[O-])s1)Nc1nc(-c2ccc3c(c2)OCCO3)cs1. The number of nitro groups is 1. The summed E-state index contributed by atoms with van der Waals surface area (Å²) in [5, 5.41) is 15.7. The maximum atomic E-state index is 12.1. The van der Waals surface area contributed by atoms with Gasteiger partial charge in [-0.25, -0.2) is 4.98 Å². The van der Waals surface area contributed by atoms with Gasteiger partial charge in [0.1, 0.15) is 13.2 Å². The highest BCUT2D eigenvalue weighted by Crippen LogP contribution is 2.35. The summed E-state index contributed by atoms with van der Waals surface area (Å²) in [6.45, 7) is 1.04. The zero-order chi connectivity index (χ0) is 19.5. The Kier molecular flexibility index (Phi) is 5.04. The van der Waals surface area contributed by atoms with Crippen LogP contribution < -0.4 is 14.8 Å². The highest BCUT2D eigenvalue weighted by molar-refractivity contribution is 7.16. The second kappa shape index (κ2) is 7.79. The van der Waals surface area contributed by atoms with E-state index < -0.39 is 4.92 Å². The van der Waals surface area contributed by atoms with E-state index in [0.29, 0.717) is 34.7 Å². The Morgan fingerprint density at radius 1 is 1.21 bits per heavy atom. The third kappa shape index (κ3) is 4.02. The van der Waals surface area contributed by atoms with Crippen LogP contribution in [0.25, 0.3) is 17.3 Å². The van der Waals surface area contributed by atoms with Gasteiger partial charge in [0, 0.05) is 28.0 Å². The first-order chi connectivity index (χ1) is 13.6. The van der Waals surface area contributed by atoms with Crippen LogP contribution >= 0.6 is 22.7 Å². The average molecular weight is 415 g/mol. The lowest BCUT2D eigenvalue weighted by molar-refractivity contribution is -0.380. The van der Waals surface area contributed by atoms with Crippen molar-refractivity contribution >= 4 is 44.8 Å². The molecule has 0 saturated carbocycles. The predicted octanol–water partition coefficient (Wildman–Crippen LogP) is 4.20. The number of nitrogens with one attached hydrogen (secondary N) is 1. The van der Waals surface area contributed by atoms with Crippen LogP contribution in [-0.2, 0) is 4.79 Å². The standard InChI is InChI=1S/C18H13N3O5S2/c22-16(5-2-12-3-6-17(28-12)21(23)24)20-18-19-13(10-27-18)11-1-4-14-15(9-11)26-8-7-25-14/h1-6,9-10H,7-8H2,(H,19,20,22)/b5-2+. The lowest BCUT2D eigenvalue weighted by Gasteiger charge is -2.18. The fraction of sp³-hybridized carbons (Fsp3) is 0.111. The molecule has 8 nitrogen and oxygen atoms in total. The van der Waals surface area contributed by atoms with E-state index in [1.165, 1.54) is 29.6 Å². The van der Waals surface area contributed by atoms with Crippen molar-refractivity contribution in [3.05, 3.63) is 56.8 Å². The second-order valence-electron chi connectivity index (χ2n) is 5.65. The van der Waals surface area contributed by atoms with Gasteiger partial charge in [-0.15, -0.1) is 11.3 Å². The number of carbonyl (C=O) groups excluding carboxylic acids is 1. The first kappa shape index (κ1) is 18.1. The van der Waals surface area contributed by atoms with E-state index in [1.807, 2.05) is 23.6 Å². The third-order valence-electron chi connectivity index (χ3n) is 3.76. The van der Waals surface area contributed by atoms with Crippen molar-refractivity contribution in [2.75, 3.05) is 18.5 Å². The van der Waals surface area contributed by atoms with Crippen molar-refractivity contribution in [2.24, 2.45) is 0 Å². The van der Waals surface area contributed by atoms with Crippen LogP contribution in [0.5, 0.6) is 11.5 Å². The molecule has 2 aromatic heterocycles. The van der Waals surface area contributed by atoms with Gasteiger partial charge in [0.25, 0.3) is 0 Å². The van der Waals surface area contributed by atoms with Crippen LogP contribution in [0.3, 0.4) is 0 Å². The molecule has 0 spiro atoms. The molecule has 0 fully saturated rings. The van der Waals surface area contributed by atoms with E-state index in [0.717, 1.165) is 22.6 Å². The van der Waals surface area contributed by atoms with E-state index in [2.05, 4.69) is 10.3 Å². The number of anilines is 1. The van der Waals surface area contributed by atoms with Crippen molar-refractivity contribution in [1.29, 1.82) is 0 Å². The summed E-state index contributed by atoms with van der Waals surface area (Å²) < 4.78 is 11.1. The van der Waals surface area contributed by atoms with Crippen LogP contribution in [0.2, 0.25) is 0 Å². The number of ether oxygens (including phenoxy) is 2. The molecule has 28 heavy (non-hydrogen) atoms. The van der Waals surface area contributed by atoms with Gasteiger partial charge >= 0.3 is 5.00 Å². The molecular weight excluding hydrogens is 402 g/mol. The van der Waals surface area contributed by atoms with Gasteiger partial charge in [0.15, 0.2) is 16.6 Å². The minimum Gasteiger partial charge on any atom is -0.486 e. The molecule has 0 bridgehead atoms.